The van der Waals surface area contributed by atoms with E-state index in [1.165, 1.54) is 11.8 Å². The Morgan fingerprint density at radius 3 is 2.68 bits per heavy atom. The van der Waals surface area contributed by atoms with Gasteiger partial charge >= 0.3 is 5.97 Å². The van der Waals surface area contributed by atoms with Crippen molar-refractivity contribution in [2.75, 3.05) is 13.1 Å². The number of aliphatic carboxylic acids is 1. The molecule has 0 spiro atoms. The molecule has 25 heavy (non-hydrogen) atoms. The lowest BCUT2D eigenvalue weighted by atomic mass is 9.92. The fourth-order valence-corrected chi connectivity index (χ4v) is 3.57. The molecule has 5 heteroatoms. The number of carbonyl (C=O) groups is 2. The van der Waals surface area contributed by atoms with Crippen molar-refractivity contribution in [3.63, 3.8) is 0 Å². The van der Waals surface area contributed by atoms with Crippen LogP contribution in [0.1, 0.15) is 52.4 Å². The minimum atomic E-state index is -0.997. The quantitative estimate of drug-likeness (QED) is 0.922. The number of carbonyl (C=O) groups excluding carboxylic acids is 1. The number of benzene rings is 1. The number of hydrogen-bond acceptors (Lipinski definition) is 3. The van der Waals surface area contributed by atoms with Crippen molar-refractivity contribution >= 4 is 11.9 Å². The molecule has 1 fully saturated rings. The average molecular weight is 341 g/mol. The largest absolute Gasteiger partial charge is 0.481 e. The predicted octanol–water partition coefficient (Wildman–Crippen LogP) is 3.63. The van der Waals surface area contributed by atoms with Gasteiger partial charge in [-0.15, -0.1) is 0 Å². The van der Waals surface area contributed by atoms with E-state index in [0.717, 1.165) is 19.3 Å². The fraction of sp³-hybridized carbons (Fsp3) is 0.400. The third kappa shape index (κ3) is 3.92. The average Bonchev–Trinajstić information content (AvgIpc) is 2.82. The molecule has 3 rings (SSSR count). The molecule has 1 aromatic heterocycles. The molecule has 1 aliphatic heterocycles. The van der Waals surface area contributed by atoms with Crippen LogP contribution in [0, 0.1) is 6.92 Å². The number of rotatable bonds is 4. The van der Waals surface area contributed by atoms with Crippen LogP contribution < -0.4 is 0 Å². The van der Waals surface area contributed by atoms with Crippen molar-refractivity contribution in [1.29, 1.82) is 0 Å². The van der Waals surface area contributed by atoms with Gasteiger partial charge < -0.3 is 14.4 Å². The molecule has 2 aromatic rings. The number of carboxylic acids is 1. The molecule has 132 valence electrons. The van der Waals surface area contributed by atoms with E-state index in [0.29, 0.717) is 30.1 Å². The van der Waals surface area contributed by atoms with Crippen LogP contribution in [0.25, 0.3) is 0 Å². The zero-order valence-electron chi connectivity index (χ0n) is 14.4. The van der Waals surface area contributed by atoms with Crippen molar-refractivity contribution in [3.8, 4) is 0 Å². The van der Waals surface area contributed by atoms with Crippen molar-refractivity contribution in [2.45, 2.75) is 38.5 Å². The molecule has 1 saturated heterocycles. The van der Waals surface area contributed by atoms with Crippen LogP contribution >= 0.6 is 0 Å². The third-order valence-electron chi connectivity index (χ3n) is 4.86. The van der Waals surface area contributed by atoms with Crippen LogP contribution in [0.5, 0.6) is 0 Å². The van der Waals surface area contributed by atoms with Crippen molar-refractivity contribution in [3.05, 3.63) is 59.0 Å². The Balaban J connectivity index is 1.74. The zero-order valence-corrected chi connectivity index (χ0v) is 14.4. The number of aryl methyl sites for hydroxylation is 1. The monoisotopic (exact) mass is 341 g/mol. The molecule has 2 heterocycles. The van der Waals surface area contributed by atoms with E-state index >= 15 is 0 Å². The minimum Gasteiger partial charge on any atom is -0.481 e. The first-order valence-electron chi connectivity index (χ1n) is 8.69. The summed E-state index contributed by atoms with van der Waals surface area (Å²) in [6.07, 6.45) is 4.11. The second-order valence-corrected chi connectivity index (χ2v) is 6.62. The summed E-state index contributed by atoms with van der Waals surface area (Å²) in [6.45, 7) is 3.15. The summed E-state index contributed by atoms with van der Waals surface area (Å²) < 4.78 is 5.31. The molecular weight excluding hydrogens is 318 g/mol. The lowest BCUT2D eigenvalue weighted by Crippen LogP contribution is -2.33. The van der Waals surface area contributed by atoms with Gasteiger partial charge in [-0.3, -0.25) is 9.59 Å². The van der Waals surface area contributed by atoms with Crippen molar-refractivity contribution in [1.82, 2.24) is 4.90 Å². The lowest BCUT2D eigenvalue weighted by Gasteiger charge is -2.21. The highest BCUT2D eigenvalue weighted by Crippen LogP contribution is 2.29. The molecule has 0 aliphatic carbocycles. The number of likely N-dealkylation sites (tertiary alicyclic amines) is 1. The Labute approximate surface area is 147 Å². The number of furan rings is 1. The molecule has 1 atom stereocenters. The summed E-state index contributed by atoms with van der Waals surface area (Å²) in [7, 11) is 0. The fourth-order valence-electron chi connectivity index (χ4n) is 3.57. The van der Waals surface area contributed by atoms with Crippen LogP contribution in [0.2, 0.25) is 0 Å². The molecule has 0 saturated carbocycles. The Morgan fingerprint density at radius 2 is 1.96 bits per heavy atom. The Bertz CT molecular complexity index is 750. The number of carboxylic acid groups (broad SMARTS) is 1. The maximum atomic E-state index is 13.0. The predicted molar refractivity (Wildman–Crippen MR) is 93.7 cm³/mol. The van der Waals surface area contributed by atoms with E-state index < -0.39 is 5.97 Å². The Hall–Kier alpha value is -2.56. The number of nitrogens with zero attached hydrogens (tertiary/aromatic N) is 1. The summed E-state index contributed by atoms with van der Waals surface area (Å²) in [5, 5.41) is 9.01. The molecule has 1 unspecified atom stereocenters. The summed E-state index contributed by atoms with van der Waals surface area (Å²) in [6, 6.07) is 10.4. The van der Waals surface area contributed by atoms with Gasteiger partial charge in [-0.1, -0.05) is 30.3 Å². The smallest absolute Gasteiger partial charge is 0.311 e. The first-order chi connectivity index (χ1) is 12.1. The molecule has 0 radical (unpaired) electrons. The molecule has 1 aliphatic rings. The van der Waals surface area contributed by atoms with Gasteiger partial charge in [0.15, 0.2) is 0 Å². The first-order valence-corrected chi connectivity index (χ1v) is 8.69. The Kier molecular flexibility index (Phi) is 5.22. The van der Waals surface area contributed by atoms with E-state index in [1.807, 2.05) is 11.0 Å². The summed E-state index contributed by atoms with van der Waals surface area (Å²) >= 11 is 0. The maximum Gasteiger partial charge on any atom is 0.311 e. The summed E-state index contributed by atoms with van der Waals surface area (Å²) in [5.74, 6) is -0.401. The van der Waals surface area contributed by atoms with Gasteiger partial charge in [0.05, 0.1) is 11.8 Å². The topological polar surface area (TPSA) is 70.7 Å². The van der Waals surface area contributed by atoms with Crippen LogP contribution in [-0.4, -0.2) is 35.0 Å². The summed E-state index contributed by atoms with van der Waals surface area (Å²) in [5.41, 5.74) is 2.44. The van der Waals surface area contributed by atoms with Crippen LogP contribution in [0.15, 0.2) is 41.0 Å². The molecule has 1 N–H and O–H groups in total. The molecule has 1 aromatic carbocycles. The van der Waals surface area contributed by atoms with Gasteiger partial charge in [0.2, 0.25) is 0 Å². The molecular formula is C20H23NO4. The highest BCUT2D eigenvalue weighted by atomic mass is 16.4. The van der Waals surface area contributed by atoms with Crippen LogP contribution in [0.4, 0.5) is 0 Å². The zero-order chi connectivity index (χ0) is 17.8. The SMILES string of the molecule is Cc1coc(CC(=O)O)c1C(=O)N1CCCC(c2ccccc2)CC1. The van der Waals surface area contributed by atoms with Crippen molar-refractivity contribution < 1.29 is 19.1 Å². The van der Waals surface area contributed by atoms with E-state index in [2.05, 4.69) is 24.3 Å². The normalized spacial score (nSPS) is 18.0. The Morgan fingerprint density at radius 1 is 1.20 bits per heavy atom. The lowest BCUT2D eigenvalue weighted by molar-refractivity contribution is -0.136. The van der Waals surface area contributed by atoms with E-state index in [-0.39, 0.29) is 18.1 Å². The summed E-state index contributed by atoms with van der Waals surface area (Å²) in [4.78, 5) is 25.8. The number of amides is 1. The van der Waals surface area contributed by atoms with Gasteiger partial charge in [0, 0.05) is 18.7 Å². The van der Waals surface area contributed by atoms with Gasteiger partial charge in [0.1, 0.15) is 12.2 Å². The molecule has 1 amide bonds. The standard InChI is InChI=1S/C20H23NO4/c1-14-13-25-17(12-18(22)23)19(14)20(24)21-10-5-8-16(9-11-21)15-6-3-2-4-7-15/h2-4,6-7,13,16H,5,8-12H2,1H3,(H,22,23). The maximum absolute atomic E-state index is 13.0. The van der Waals surface area contributed by atoms with Gasteiger partial charge in [-0.2, -0.15) is 0 Å². The van der Waals surface area contributed by atoms with E-state index in [4.69, 9.17) is 9.52 Å². The van der Waals surface area contributed by atoms with Gasteiger partial charge in [-0.05, 0) is 37.7 Å². The number of hydrogen-bond donors (Lipinski definition) is 1. The van der Waals surface area contributed by atoms with E-state index in [9.17, 15) is 9.59 Å². The van der Waals surface area contributed by atoms with Crippen LogP contribution in [0.3, 0.4) is 0 Å². The van der Waals surface area contributed by atoms with Crippen molar-refractivity contribution in [2.24, 2.45) is 0 Å². The second kappa shape index (κ2) is 7.55. The van der Waals surface area contributed by atoms with E-state index in [1.54, 1.807) is 6.92 Å². The third-order valence-corrected chi connectivity index (χ3v) is 4.86. The molecule has 0 bridgehead atoms. The van der Waals surface area contributed by atoms with Gasteiger partial charge in [0.25, 0.3) is 5.91 Å². The van der Waals surface area contributed by atoms with Crippen LogP contribution in [-0.2, 0) is 11.2 Å². The molecule has 5 nitrogen and oxygen atoms in total. The highest BCUT2D eigenvalue weighted by Gasteiger charge is 2.27. The second-order valence-electron chi connectivity index (χ2n) is 6.62. The van der Waals surface area contributed by atoms with Gasteiger partial charge in [-0.25, -0.2) is 0 Å². The minimum absolute atomic E-state index is 0.115. The first kappa shape index (κ1) is 17.3. The highest BCUT2D eigenvalue weighted by molar-refractivity contribution is 5.97.